The number of benzene rings is 1. The third-order valence-corrected chi connectivity index (χ3v) is 4.21. The Balaban J connectivity index is 1.70. The topological polar surface area (TPSA) is 63.6 Å². The number of nitrogens with zero attached hydrogens (tertiary/aromatic N) is 1. The molecule has 2 aromatic rings. The Hall–Kier alpha value is -2.05. The zero-order valence-corrected chi connectivity index (χ0v) is 15.0. The van der Waals surface area contributed by atoms with Gasteiger partial charge in [-0.3, -0.25) is 4.98 Å². The Labute approximate surface area is 149 Å². The van der Waals surface area contributed by atoms with E-state index in [9.17, 15) is 5.02 Å². The molecule has 25 heavy (non-hydrogen) atoms. The second kappa shape index (κ2) is 7.89. The first kappa shape index (κ1) is 17.8. The maximum atomic E-state index is 9.59. The van der Waals surface area contributed by atoms with Crippen molar-refractivity contribution in [2.75, 3.05) is 6.61 Å². The molecule has 0 bridgehead atoms. The van der Waals surface area contributed by atoms with Crippen LogP contribution in [0.5, 0.6) is 11.5 Å². The molecule has 0 saturated heterocycles. The van der Waals surface area contributed by atoms with Gasteiger partial charge < -0.3 is 19.7 Å². The van der Waals surface area contributed by atoms with Crippen LogP contribution in [0.3, 0.4) is 0 Å². The van der Waals surface area contributed by atoms with Crippen molar-refractivity contribution >= 4 is 7.05 Å². The number of hydrogen-bond donors (Lipinski definition) is 2. The first-order valence-corrected chi connectivity index (χ1v) is 8.80. The molecule has 0 unspecified atom stereocenters. The van der Waals surface area contributed by atoms with Crippen LogP contribution in [-0.2, 0) is 6.61 Å². The van der Waals surface area contributed by atoms with Crippen LogP contribution in [0.25, 0.3) is 11.1 Å². The molecule has 0 saturated carbocycles. The van der Waals surface area contributed by atoms with E-state index in [1.54, 1.807) is 13.0 Å². The molecule has 5 nitrogen and oxygen atoms in total. The molecular formula is C19H25BN2O3. The first-order chi connectivity index (χ1) is 12.0. The number of hydrogen-bond acceptors (Lipinski definition) is 5. The lowest BCUT2D eigenvalue weighted by Crippen LogP contribution is -2.44. The van der Waals surface area contributed by atoms with Crippen molar-refractivity contribution in [1.29, 1.82) is 0 Å². The lowest BCUT2D eigenvalue weighted by Gasteiger charge is -2.23. The van der Waals surface area contributed by atoms with Crippen LogP contribution < -0.4 is 14.7 Å². The van der Waals surface area contributed by atoms with Gasteiger partial charge in [0.25, 0.3) is 0 Å². The third kappa shape index (κ3) is 4.52. The largest absolute Gasteiger partial charge is 0.492 e. The summed E-state index contributed by atoms with van der Waals surface area (Å²) in [5.74, 6) is 2.13. The molecule has 1 aliphatic rings. The molecule has 1 aromatic heterocycles. The zero-order chi connectivity index (χ0) is 17.8. The van der Waals surface area contributed by atoms with Gasteiger partial charge in [0.05, 0.1) is 0 Å². The lowest BCUT2D eigenvalue weighted by atomic mass is 9.86. The zero-order valence-electron chi connectivity index (χ0n) is 15.0. The highest BCUT2D eigenvalue weighted by molar-refractivity contribution is 6.45. The van der Waals surface area contributed by atoms with E-state index in [0.29, 0.717) is 19.1 Å². The maximum absolute atomic E-state index is 9.59. The Morgan fingerprint density at radius 1 is 1.32 bits per heavy atom. The van der Waals surface area contributed by atoms with Crippen LogP contribution in [0.2, 0.25) is 6.82 Å². The van der Waals surface area contributed by atoms with Gasteiger partial charge >= 0.3 is 7.05 Å². The molecule has 0 fully saturated rings. The summed E-state index contributed by atoms with van der Waals surface area (Å²) in [6.07, 6.45) is 4.59. The van der Waals surface area contributed by atoms with Gasteiger partial charge in [-0.15, -0.1) is 0 Å². The highest BCUT2D eigenvalue weighted by Gasteiger charge is 2.19. The molecule has 0 radical (unpaired) electrons. The van der Waals surface area contributed by atoms with Crippen molar-refractivity contribution < 1.29 is 14.5 Å². The molecule has 3 rings (SSSR count). The van der Waals surface area contributed by atoms with Crippen molar-refractivity contribution in [3.63, 3.8) is 0 Å². The van der Waals surface area contributed by atoms with Gasteiger partial charge in [0.15, 0.2) is 0 Å². The maximum Gasteiger partial charge on any atom is 0.373 e. The summed E-state index contributed by atoms with van der Waals surface area (Å²) in [6.45, 7) is 7.08. The first-order valence-electron chi connectivity index (χ1n) is 8.80. The number of fused-ring (bicyclic) bond motifs is 3. The van der Waals surface area contributed by atoms with Crippen molar-refractivity contribution in [3.8, 4) is 22.6 Å². The summed E-state index contributed by atoms with van der Waals surface area (Å²) >= 11 is 0. The Bertz CT molecular complexity index is 712. The second-order valence-corrected chi connectivity index (χ2v) is 6.96. The van der Waals surface area contributed by atoms with Gasteiger partial charge in [0.1, 0.15) is 24.7 Å². The van der Waals surface area contributed by atoms with Crippen LogP contribution in [0.1, 0.15) is 25.8 Å². The molecule has 132 valence electrons. The Morgan fingerprint density at radius 3 is 2.92 bits per heavy atom. The van der Waals surface area contributed by atoms with E-state index in [-0.39, 0.29) is 6.04 Å². The van der Waals surface area contributed by atoms with Gasteiger partial charge in [-0.1, -0.05) is 13.8 Å². The van der Waals surface area contributed by atoms with Gasteiger partial charge in [0, 0.05) is 35.6 Å². The predicted molar refractivity (Wildman–Crippen MR) is 99.7 cm³/mol. The minimum Gasteiger partial charge on any atom is -0.492 e. The van der Waals surface area contributed by atoms with Gasteiger partial charge in [0.2, 0.25) is 0 Å². The average Bonchev–Trinajstić information content (AvgIpc) is 2.58. The highest BCUT2D eigenvalue weighted by Crippen LogP contribution is 2.39. The highest BCUT2D eigenvalue weighted by atomic mass is 16.5. The standard InChI is InChI=1S/C19H25BN2O3/c1-13(2)8-15(22-20(3)23)12-24-16-4-5-18-17-6-7-21-10-14(17)11-25-19(18)9-16/h4-7,9-10,13,15,22-23H,8,11-12H2,1-3H3/t15-/m0/s1. The smallest absolute Gasteiger partial charge is 0.373 e. The normalized spacial score (nSPS) is 13.6. The molecule has 2 N–H and O–H groups in total. The summed E-state index contributed by atoms with van der Waals surface area (Å²) < 4.78 is 11.8. The van der Waals surface area contributed by atoms with Crippen molar-refractivity contribution in [1.82, 2.24) is 10.2 Å². The SMILES string of the molecule is CB(O)N[C@H](COc1ccc2c(c1)OCc1cnccc1-2)CC(C)C. The lowest BCUT2D eigenvalue weighted by molar-refractivity contribution is 0.253. The number of pyridine rings is 1. The van der Waals surface area contributed by atoms with Crippen molar-refractivity contribution in [3.05, 3.63) is 42.2 Å². The fourth-order valence-electron chi connectivity index (χ4n) is 3.19. The van der Waals surface area contributed by atoms with Gasteiger partial charge in [-0.2, -0.15) is 0 Å². The van der Waals surface area contributed by atoms with Crippen molar-refractivity contribution in [2.24, 2.45) is 5.92 Å². The minimum atomic E-state index is -0.552. The molecule has 0 amide bonds. The van der Waals surface area contributed by atoms with E-state index in [1.807, 2.05) is 30.5 Å². The van der Waals surface area contributed by atoms with E-state index in [2.05, 4.69) is 24.1 Å². The Morgan fingerprint density at radius 2 is 2.16 bits per heavy atom. The molecule has 0 spiro atoms. The summed E-state index contributed by atoms with van der Waals surface area (Å²) in [6, 6.07) is 8.05. The van der Waals surface area contributed by atoms with Crippen LogP contribution in [0, 0.1) is 5.92 Å². The fraction of sp³-hybridized carbons (Fsp3) is 0.421. The van der Waals surface area contributed by atoms with Crippen LogP contribution in [0.4, 0.5) is 0 Å². The number of aromatic nitrogens is 1. The summed E-state index contributed by atoms with van der Waals surface area (Å²) in [5, 5.41) is 12.7. The molecular weight excluding hydrogens is 315 g/mol. The van der Waals surface area contributed by atoms with Crippen LogP contribution in [0.15, 0.2) is 36.7 Å². The van der Waals surface area contributed by atoms with Gasteiger partial charge in [-0.25, -0.2) is 0 Å². The third-order valence-electron chi connectivity index (χ3n) is 4.21. The monoisotopic (exact) mass is 340 g/mol. The van der Waals surface area contributed by atoms with Crippen LogP contribution in [-0.4, -0.2) is 29.7 Å². The van der Waals surface area contributed by atoms with E-state index in [4.69, 9.17) is 9.47 Å². The van der Waals surface area contributed by atoms with E-state index < -0.39 is 7.05 Å². The molecule has 1 atom stereocenters. The average molecular weight is 340 g/mol. The molecule has 1 aromatic carbocycles. The Kier molecular flexibility index (Phi) is 5.61. The summed E-state index contributed by atoms with van der Waals surface area (Å²) in [4.78, 5) is 4.15. The molecule has 6 heteroatoms. The summed E-state index contributed by atoms with van der Waals surface area (Å²) in [5.41, 5.74) is 3.33. The minimum absolute atomic E-state index is 0.101. The number of ether oxygens (including phenoxy) is 2. The molecule has 2 heterocycles. The predicted octanol–water partition coefficient (Wildman–Crippen LogP) is 3.13. The summed E-state index contributed by atoms with van der Waals surface area (Å²) in [7, 11) is -0.552. The number of nitrogens with one attached hydrogen (secondary N) is 1. The second-order valence-electron chi connectivity index (χ2n) is 6.96. The molecule has 0 aliphatic carbocycles. The molecule has 1 aliphatic heterocycles. The van der Waals surface area contributed by atoms with E-state index >= 15 is 0 Å². The van der Waals surface area contributed by atoms with E-state index in [0.717, 1.165) is 34.6 Å². The van der Waals surface area contributed by atoms with Gasteiger partial charge in [-0.05, 0) is 42.9 Å². The number of rotatable bonds is 7. The van der Waals surface area contributed by atoms with E-state index in [1.165, 1.54) is 0 Å². The van der Waals surface area contributed by atoms with Crippen LogP contribution >= 0.6 is 0 Å². The quantitative estimate of drug-likeness (QED) is 0.758. The fourth-order valence-corrected chi connectivity index (χ4v) is 3.19. The van der Waals surface area contributed by atoms with Crippen molar-refractivity contribution in [2.45, 2.75) is 39.7 Å².